The summed E-state index contributed by atoms with van der Waals surface area (Å²) in [4.78, 5) is 11.6. The summed E-state index contributed by atoms with van der Waals surface area (Å²) in [6.07, 6.45) is 5.06. The summed E-state index contributed by atoms with van der Waals surface area (Å²) in [7, 11) is 0. The first-order chi connectivity index (χ1) is 6.53. The molecule has 0 amide bonds. The predicted octanol–water partition coefficient (Wildman–Crippen LogP) is 3.07. The maximum atomic E-state index is 11.6. The van der Waals surface area contributed by atoms with E-state index in [2.05, 4.69) is 13.8 Å². The highest BCUT2D eigenvalue weighted by Gasteiger charge is 2.44. The van der Waals surface area contributed by atoms with Gasteiger partial charge in [0.2, 0.25) is 0 Å². The van der Waals surface area contributed by atoms with Crippen molar-refractivity contribution in [1.82, 2.24) is 0 Å². The fraction of sp³-hybridized carbons (Fsp3) is 0.750. The maximum Gasteiger partial charge on any atom is 0.334 e. The Balaban J connectivity index is 2.88. The van der Waals surface area contributed by atoms with Gasteiger partial charge in [-0.3, -0.25) is 0 Å². The lowest BCUT2D eigenvalue weighted by molar-refractivity contribution is -0.144. The molecule has 0 aliphatic carbocycles. The second kappa shape index (κ2) is 4.16. The van der Waals surface area contributed by atoms with E-state index in [1.165, 1.54) is 0 Å². The van der Waals surface area contributed by atoms with Crippen LogP contribution in [0.5, 0.6) is 0 Å². The molecule has 1 rings (SSSR count). The predicted molar refractivity (Wildman–Crippen MR) is 56.9 cm³/mol. The number of hydrogen-bond donors (Lipinski definition) is 0. The second-order valence-corrected chi connectivity index (χ2v) is 4.40. The van der Waals surface area contributed by atoms with Crippen molar-refractivity contribution in [2.45, 2.75) is 52.6 Å². The van der Waals surface area contributed by atoms with E-state index in [1.54, 1.807) is 0 Å². The maximum absolute atomic E-state index is 11.6. The van der Waals surface area contributed by atoms with E-state index in [0.717, 1.165) is 24.8 Å². The number of carbonyl (C=O) groups excluding carboxylic acids is 1. The van der Waals surface area contributed by atoms with Crippen LogP contribution in [0.25, 0.3) is 0 Å². The quantitative estimate of drug-likeness (QED) is 0.512. The van der Waals surface area contributed by atoms with Gasteiger partial charge < -0.3 is 4.74 Å². The van der Waals surface area contributed by atoms with Crippen molar-refractivity contribution >= 4 is 5.97 Å². The molecular weight excluding hydrogens is 176 g/mol. The molecule has 1 fully saturated rings. The van der Waals surface area contributed by atoms with Crippen molar-refractivity contribution in [3.63, 3.8) is 0 Å². The Labute approximate surface area is 86.3 Å². The molecule has 1 aliphatic rings. The Morgan fingerprint density at radius 2 is 2.07 bits per heavy atom. The van der Waals surface area contributed by atoms with Crippen LogP contribution in [-0.4, -0.2) is 11.6 Å². The zero-order chi connectivity index (χ0) is 10.8. The molecule has 0 aromatic carbocycles. The lowest BCUT2D eigenvalue weighted by atomic mass is 9.85. The van der Waals surface area contributed by atoms with Crippen molar-refractivity contribution in [3.8, 4) is 0 Å². The third-order valence-electron chi connectivity index (χ3n) is 2.87. The van der Waals surface area contributed by atoms with Gasteiger partial charge in [-0.15, -0.1) is 0 Å². The van der Waals surface area contributed by atoms with Gasteiger partial charge in [-0.2, -0.15) is 0 Å². The van der Waals surface area contributed by atoms with E-state index in [-0.39, 0.29) is 17.5 Å². The Morgan fingerprint density at radius 1 is 1.43 bits per heavy atom. The van der Waals surface area contributed by atoms with Crippen molar-refractivity contribution in [2.24, 2.45) is 5.92 Å². The molecule has 14 heavy (non-hydrogen) atoms. The summed E-state index contributed by atoms with van der Waals surface area (Å²) in [6.45, 7) is 8.20. The van der Waals surface area contributed by atoms with Crippen LogP contribution in [0.3, 0.4) is 0 Å². The molecule has 0 saturated carbocycles. The number of rotatable bonds is 3. The zero-order valence-electron chi connectivity index (χ0n) is 9.59. The van der Waals surface area contributed by atoms with Gasteiger partial charge in [-0.25, -0.2) is 4.79 Å². The molecule has 2 heteroatoms. The van der Waals surface area contributed by atoms with Gasteiger partial charge in [-0.05, 0) is 26.7 Å². The summed E-state index contributed by atoms with van der Waals surface area (Å²) >= 11 is 0. The lowest BCUT2D eigenvalue weighted by Crippen LogP contribution is -2.27. The zero-order valence-corrected chi connectivity index (χ0v) is 9.59. The van der Waals surface area contributed by atoms with Gasteiger partial charge in [0.1, 0.15) is 5.60 Å². The summed E-state index contributed by atoms with van der Waals surface area (Å²) in [5, 5.41) is 0. The summed E-state index contributed by atoms with van der Waals surface area (Å²) in [6, 6.07) is 0. The SMILES string of the molecule is CCC/C=C1/C(=O)OC(C)(C)C1CC. The molecule has 0 N–H and O–H groups in total. The van der Waals surface area contributed by atoms with Gasteiger partial charge >= 0.3 is 5.97 Å². The second-order valence-electron chi connectivity index (χ2n) is 4.40. The van der Waals surface area contributed by atoms with E-state index in [0.29, 0.717) is 0 Å². The summed E-state index contributed by atoms with van der Waals surface area (Å²) in [5.74, 6) is 0.150. The van der Waals surface area contributed by atoms with E-state index in [9.17, 15) is 4.79 Å². The fourth-order valence-electron chi connectivity index (χ4n) is 2.12. The highest BCUT2D eigenvalue weighted by atomic mass is 16.6. The molecule has 0 aromatic heterocycles. The third kappa shape index (κ3) is 1.99. The third-order valence-corrected chi connectivity index (χ3v) is 2.87. The van der Waals surface area contributed by atoms with E-state index >= 15 is 0 Å². The number of carbonyl (C=O) groups is 1. The smallest absolute Gasteiger partial charge is 0.334 e. The standard InChI is InChI=1S/C12H20O2/c1-5-7-8-9-10(6-2)12(3,4)14-11(9)13/h8,10H,5-7H2,1-4H3/b9-8+. The molecule has 1 atom stereocenters. The van der Waals surface area contributed by atoms with Crippen LogP contribution in [0.4, 0.5) is 0 Å². The van der Waals surface area contributed by atoms with Crippen LogP contribution in [0.2, 0.25) is 0 Å². The molecular formula is C12H20O2. The molecule has 80 valence electrons. The molecule has 1 aliphatic heterocycles. The molecule has 0 radical (unpaired) electrons. The van der Waals surface area contributed by atoms with Crippen LogP contribution in [0.1, 0.15) is 47.0 Å². The van der Waals surface area contributed by atoms with E-state index < -0.39 is 0 Å². The highest BCUT2D eigenvalue weighted by Crippen LogP contribution is 2.38. The highest BCUT2D eigenvalue weighted by molar-refractivity contribution is 5.92. The van der Waals surface area contributed by atoms with Crippen LogP contribution in [-0.2, 0) is 9.53 Å². The monoisotopic (exact) mass is 196 g/mol. The molecule has 1 unspecified atom stereocenters. The Kier molecular flexibility index (Phi) is 3.35. The first-order valence-electron chi connectivity index (χ1n) is 5.46. The van der Waals surface area contributed by atoms with Gasteiger partial charge in [0, 0.05) is 11.5 Å². The van der Waals surface area contributed by atoms with Crippen molar-refractivity contribution in [1.29, 1.82) is 0 Å². The molecule has 1 saturated heterocycles. The summed E-state index contributed by atoms with van der Waals surface area (Å²) < 4.78 is 5.35. The minimum absolute atomic E-state index is 0.115. The van der Waals surface area contributed by atoms with Crippen LogP contribution in [0.15, 0.2) is 11.6 Å². The molecule has 0 aromatic rings. The minimum atomic E-state index is -0.314. The fourth-order valence-corrected chi connectivity index (χ4v) is 2.12. The normalized spacial score (nSPS) is 28.1. The van der Waals surface area contributed by atoms with E-state index in [1.807, 2.05) is 19.9 Å². The number of allylic oxidation sites excluding steroid dienone is 1. The molecule has 1 heterocycles. The van der Waals surface area contributed by atoms with Crippen molar-refractivity contribution in [3.05, 3.63) is 11.6 Å². The number of unbranched alkanes of at least 4 members (excludes halogenated alkanes) is 1. The lowest BCUT2D eigenvalue weighted by Gasteiger charge is -2.23. The Bertz CT molecular complexity index is 251. The first-order valence-corrected chi connectivity index (χ1v) is 5.46. The van der Waals surface area contributed by atoms with Crippen LogP contribution >= 0.6 is 0 Å². The summed E-state index contributed by atoms with van der Waals surface area (Å²) in [5.41, 5.74) is 0.574. The number of cyclic esters (lactones) is 1. The average Bonchev–Trinajstić information content (AvgIpc) is 2.31. The Morgan fingerprint density at radius 3 is 2.57 bits per heavy atom. The topological polar surface area (TPSA) is 26.3 Å². The largest absolute Gasteiger partial charge is 0.456 e. The van der Waals surface area contributed by atoms with Crippen LogP contribution in [0, 0.1) is 5.92 Å². The minimum Gasteiger partial charge on any atom is -0.456 e. The molecule has 2 nitrogen and oxygen atoms in total. The van der Waals surface area contributed by atoms with E-state index in [4.69, 9.17) is 4.74 Å². The van der Waals surface area contributed by atoms with Gasteiger partial charge in [0.15, 0.2) is 0 Å². The number of hydrogen-bond acceptors (Lipinski definition) is 2. The van der Waals surface area contributed by atoms with Crippen molar-refractivity contribution < 1.29 is 9.53 Å². The molecule has 0 spiro atoms. The van der Waals surface area contributed by atoms with Gasteiger partial charge in [0.25, 0.3) is 0 Å². The van der Waals surface area contributed by atoms with Crippen LogP contribution < -0.4 is 0 Å². The average molecular weight is 196 g/mol. The van der Waals surface area contributed by atoms with Gasteiger partial charge in [-0.1, -0.05) is 26.3 Å². The Hall–Kier alpha value is -0.790. The number of esters is 1. The first kappa shape index (κ1) is 11.3. The van der Waals surface area contributed by atoms with Crippen molar-refractivity contribution in [2.75, 3.05) is 0 Å². The number of ether oxygens (including phenoxy) is 1. The van der Waals surface area contributed by atoms with Gasteiger partial charge in [0.05, 0.1) is 0 Å². The molecule has 0 bridgehead atoms.